The Balaban J connectivity index is 1.73. The van der Waals surface area contributed by atoms with Crippen LogP contribution in [0.1, 0.15) is 29.2 Å². The second-order valence-corrected chi connectivity index (χ2v) is 7.98. The number of rotatable bonds is 3. The molecule has 1 heterocycles. The van der Waals surface area contributed by atoms with Crippen molar-refractivity contribution in [3.8, 4) is 5.75 Å². The van der Waals surface area contributed by atoms with Crippen LogP contribution < -0.4 is 4.74 Å². The second-order valence-electron chi connectivity index (χ2n) is 6.09. The van der Waals surface area contributed by atoms with Crippen LogP contribution in [0.5, 0.6) is 5.75 Å². The number of benzene rings is 2. The summed E-state index contributed by atoms with van der Waals surface area (Å²) >= 11 is 0. The zero-order valence-corrected chi connectivity index (χ0v) is 13.8. The van der Waals surface area contributed by atoms with E-state index in [9.17, 15) is 8.42 Å². The Bertz CT molecular complexity index is 843. The molecule has 0 radical (unpaired) electrons. The Hall–Kier alpha value is -1.85. The van der Waals surface area contributed by atoms with Crippen molar-refractivity contribution in [1.29, 1.82) is 0 Å². The first-order valence-corrected chi connectivity index (χ1v) is 9.32. The Kier molecular flexibility index (Phi) is 3.43. The lowest BCUT2D eigenvalue weighted by Gasteiger charge is -2.34. The molecule has 0 amide bonds. The molecule has 2 aromatic rings. The van der Waals surface area contributed by atoms with Crippen LogP contribution in [-0.2, 0) is 22.9 Å². The normalized spacial score (nSPS) is 20.3. The average Bonchev–Trinajstić information content (AvgIpc) is 3.01. The molecule has 0 bridgehead atoms. The third kappa shape index (κ3) is 2.26. The van der Waals surface area contributed by atoms with Crippen molar-refractivity contribution >= 4 is 10.0 Å². The van der Waals surface area contributed by atoms with Crippen molar-refractivity contribution in [2.75, 3.05) is 13.7 Å². The standard InChI is InChI=1S/C18H19NO3S/c1-22-15-6-8-16(9-7-15)23(20,21)19-12-11-14-4-2-3-13-5-10-17(19)18(13)14/h2-4,6-9,17H,5,10-12H2,1H3. The van der Waals surface area contributed by atoms with E-state index >= 15 is 0 Å². The van der Waals surface area contributed by atoms with E-state index in [2.05, 4.69) is 18.2 Å². The minimum atomic E-state index is -3.48. The van der Waals surface area contributed by atoms with E-state index in [1.807, 2.05) is 0 Å². The van der Waals surface area contributed by atoms with Crippen LogP contribution in [0.3, 0.4) is 0 Å². The van der Waals surface area contributed by atoms with Gasteiger partial charge in [0.15, 0.2) is 0 Å². The summed E-state index contributed by atoms with van der Waals surface area (Å²) in [6.07, 6.45) is 2.62. The fraction of sp³-hybridized carbons (Fsp3) is 0.333. The third-order valence-electron chi connectivity index (χ3n) is 4.92. The summed E-state index contributed by atoms with van der Waals surface area (Å²) < 4.78 is 33.0. The predicted molar refractivity (Wildman–Crippen MR) is 88.1 cm³/mol. The topological polar surface area (TPSA) is 46.6 Å². The van der Waals surface area contributed by atoms with Crippen molar-refractivity contribution in [3.63, 3.8) is 0 Å². The van der Waals surface area contributed by atoms with Gasteiger partial charge in [0, 0.05) is 6.54 Å². The zero-order valence-electron chi connectivity index (χ0n) is 13.0. The maximum atomic E-state index is 13.1. The monoisotopic (exact) mass is 329 g/mol. The maximum Gasteiger partial charge on any atom is 0.243 e. The van der Waals surface area contributed by atoms with Crippen LogP contribution in [0.25, 0.3) is 0 Å². The summed E-state index contributed by atoms with van der Waals surface area (Å²) in [7, 11) is -1.91. The van der Waals surface area contributed by atoms with E-state index in [0.29, 0.717) is 17.2 Å². The summed E-state index contributed by atoms with van der Waals surface area (Å²) in [4.78, 5) is 0.339. The summed E-state index contributed by atoms with van der Waals surface area (Å²) in [6.45, 7) is 0.551. The molecule has 4 nitrogen and oxygen atoms in total. The molecule has 1 atom stereocenters. The molecule has 0 saturated carbocycles. The number of aryl methyl sites for hydroxylation is 1. The minimum absolute atomic E-state index is 0.0120. The van der Waals surface area contributed by atoms with Crippen molar-refractivity contribution in [3.05, 3.63) is 59.2 Å². The molecule has 0 saturated heterocycles. The highest BCUT2D eigenvalue weighted by Crippen LogP contribution is 2.43. The fourth-order valence-corrected chi connectivity index (χ4v) is 5.44. The number of sulfonamides is 1. The number of hydrogen-bond donors (Lipinski definition) is 0. The number of methoxy groups -OCH3 is 1. The van der Waals surface area contributed by atoms with Gasteiger partial charge in [-0.1, -0.05) is 18.2 Å². The highest BCUT2D eigenvalue weighted by molar-refractivity contribution is 7.89. The van der Waals surface area contributed by atoms with Gasteiger partial charge in [0.1, 0.15) is 5.75 Å². The van der Waals surface area contributed by atoms with Gasteiger partial charge in [-0.15, -0.1) is 0 Å². The molecule has 23 heavy (non-hydrogen) atoms. The van der Waals surface area contributed by atoms with Crippen LogP contribution in [-0.4, -0.2) is 26.4 Å². The second kappa shape index (κ2) is 5.35. The van der Waals surface area contributed by atoms with Gasteiger partial charge in [-0.2, -0.15) is 4.31 Å². The highest BCUT2D eigenvalue weighted by atomic mass is 32.2. The van der Waals surface area contributed by atoms with E-state index in [4.69, 9.17) is 4.74 Å². The molecular formula is C18H19NO3S. The van der Waals surface area contributed by atoms with Crippen molar-refractivity contribution in [2.45, 2.75) is 30.2 Å². The molecule has 4 rings (SSSR count). The number of ether oxygens (including phenoxy) is 1. The Morgan fingerprint density at radius 3 is 2.43 bits per heavy atom. The molecule has 2 aromatic carbocycles. The third-order valence-corrected chi connectivity index (χ3v) is 6.84. The van der Waals surface area contributed by atoms with Crippen molar-refractivity contribution in [2.24, 2.45) is 0 Å². The molecule has 0 aromatic heterocycles. The van der Waals surface area contributed by atoms with E-state index in [1.54, 1.807) is 35.7 Å². The lowest BCUT2D eigenvalue weighted by Crippen LogP contribution is -2.39. The van der Waals surface area contributed by atoms with Crippen LogP contribution in [0, 0.1) is 0 Å². The summed E-state index contributed by atoms with van der Waals surface area (Å²) in [5.41, 5.74) is 3.86. The molecule has 5 heteroatoms. The van der Waals surface area contributed by atoms with E-state index in [0.717, 1.165) is 19.3 Å². The van der Waals surface area contributed by atoms with Gasteiger partial charge in [0.05, 0.1) is 18.0 Å². The van der Waals surface area contributed by atoms with Gasteiger partial charge in [-0.05, 0) is 60.2 Å². The summed E-state index contributed by atoms with van der Waals surface area (Å²) in [6, 6.07) is 13.0. The van der Waals surface area contributed by atoms with Crippen LogP contribution >= 0.6 is 0 Å². The minimum Gasteiger partial charge on any atom is -0.497 e. The number of nitrogens with zero attached hydrogens (tertiary/aromatic N) is 1. The first-order chi connectivity index (χ1) is 11.1. The van der Waals surface area contributed by atoms with Gasteiger partial charge >= 0.3 is 0 Å². The van der Waals surface area contributed by atoms with E-state index in [-0.39, 0.29) is 6.04 Å². The molecule has 0 N–H and O–H groups in total. The SMILES string of the molecule is COc1ccc(S(=O)(=O)N2CCc3cccc4c3C2CC4)cc1. The summed E-state index contributed by atoms with van der Waals surface area (Å²) in [5.74, 6) is 0.663. The van der Waals surface area contributed by atoms with Gasteiger partial charge in [-0.25, -0.2) is 8.42 Å². The van der Waals surface area contributed by atoms with Crippen LogP contribution in [0.4, 0.5) is 0 Å². The molecule has 1 aliphatic heterocycles. The predicted octanol–water partition coefficient (Wildman–Crippen LogP) is 2.93. The molecule has 0 fully saturated rings. The zero-order chi connectivity index (χ0) is 16.0. The molecule has 1 aliphatic carbocycles. The molecule has 1 unspecified atom stereocenters. The lowest BCUT2D eigenvalue weighted by atomic mass is 9.95. The van der Waals surface area contributed by atoms with Gasteiger partial charge in [-0.3, -0.25) is 0 Å². The quantitative estimate of drug-likeness (QED) is 0.870. The first kappa shape index (κ1) is 14.7. The summed E-state index contributed by atoms with van der Waals surface area (Å²) in [5, 5.41) is 0. The highest BCUT2D eigenvalue weighted by Gasteiger charge is 2.39. The fourth-order valence-electron chi connectivity index (χ4n) is 3.81. The molecule has 0 spiro atoms. The van der Waals surface area contributed by atoms with Crippen LogP contribution in [0.15, 0.2) is 47.4 Å². The largest absolute Gasteiger partial charge is 0.497 e. The van der Waals surface area contributed by atoms with E-state index in [1.165, 1.54) is 16.7 Å². The van der Waals surface area contributed by atoms with Gasteiger partial charge in [0.2, 0.25) is 10.0 Å². The maximum absolute atomic E-state index is 13.1. The lowest BCUT2D eigenvalue weighted by molar-refractivity contribution is 0.308. The smallest absolute Gasteiger partial charge is 0.243 e. The Morgan fingerprint density at radius 1 is 1.04 bits per heavy atom. The van der Waals surface area contributed by atoms with Crippen molar-refractivity contribution < 1.29 is 13.2 Å². The first-order valence-electron chi connectivity index (χ1n) is 7.88. The molecular weight excluding hydrogens is 310 g/mol. The van der Waals surface area contributed by atoms with Crippen LogP contribution in [0.2, 0.25) is 0 Å². The van der Waals surface area contributed by atoms with Crippen molar-refractivity contribution in [1.82, 2.24) is 4.31 Å². The Labute approximate surface area is 136 Å². The van der Waals surface area contributed by atoms with Gasteiger partial charge in [0.25, 0.3) is 0 Å². The molecule has 120 valence electrons. The van der Waals surface area contributed by atoms with E-state index < -0.39 is 10.0 Å². The molecule has 2 aliphatic rings. The Morgan fingerprint density at radius 2 is 1.74 bits per heavy atom. The average molecular weight is 329 g/mol. The van der Waals surface area contributed by atoms with Gasteiger partial charge < -0.3 is 4.74 Å². The number of hydrogen-bond acceptors (Lipinski definition) is 3.